The van der Waals surface area contributed by atoms with Gasteiger partial charge in [0.05, 0.1) is 23.5 Å². The summed E-state index contributed by atoms with van der Waals surface area (Å²) in [5.41, 5.74) is -9.65. The maximum Gasteiger partial charge on any atom is 0.351 e. The van der Waals surface area contributed by atoms with E-state index >= 15 is 4.39 Å². The molecule has 2 saturated heterocycles. The van der Waals surface area contributed by atoms with Crippen LogP contribution in [0.2, 0.25) is 0 Å². The number of ether oxygens (including phenoxy) is 6. The Bertz CT molecular complexity index is 2240. The summed E-state index contributed by atoms with van der Waals surface area (Å²) in [6, 6.07) is 5.34. The predicted octanol–water partition coefficient (Wildman–Crippen LogP) is 6.00. The summed E-state index contributed by atoms with van der Waals surface area (Å²) in [4.78, 5) is 69.6. The topological polar surface area (TPSA) is 154 Å². The molecule has 52 heavy (non-hydrogen) atoms. The zero-order valence-corrected chi connectivity index (χ0v) is 30.6. The van der Waals surface area contributed by atoms with Gasteiger partial charge >= 0.3 is 23.9 Å². The van der Waals surface area contributed by atoms with E-state index in [1.807, 2.05) is 0 Å². The fraction of sp³-hybridized carbons (Fsp3) is 0.564. The SMILES string of the molecule is COc1cc2c(c3oc4cccc(F)c4c(=O)c13)[C@@H](OC(=O)C13CC[C@@](C)(C(=O)O1)C3(C)C)[C@@H](OC(=O)C13CC[C@@](C)(C(=O)O1)C3(C)C)C(C)(C)O2. The summed E-state index contributed by atoms with van der Waals surface area (Å²) < 4.78 is 57.9. The van der Waals surface area contributed by atoms with E-state index in [0.29, 0.717) is 12.8 Å². The average molecular weight is 721 g/mol. The van der Waals surface area contributed by atoms with Crippen molar-refractivity contribution in [2.45, 2.75) is 110 Å². The van der Waals surface area contributed by atoms with Crippen molar-refractivity contribution in [3.05, 3.63) is 45.9 Å². The average Bonchev–Trinajstić information content (AvgIpc) is 3.53. The quantitative estimate of drug-likeness (QED) is 0.172. The maximum atomic E-state index is 15.1. The molecule has 8 rings (SSSR count). The van der Waals surface area contributed by atoms with Crippen molar-refractivity contribution in [2.75, 3.05) is 7.11 Å². The molecule has 0 N–H and O–H groups in total. The van der Waals surface area contributed by atoms with Crippen molar-refractivity contribution in [1.82, 2.24) is 0 Å². The van der Waals surface area contributed by atoms with Crippen LogP contribution in [0.1, 0.15) is 92.7 Å². The third kappa shape index (κ3) is 3.74. The molecule has 12 nitrogen and oxygen atoms in total. The van der Waals surface area contributed by atoms with Gasteiger partial charge in [0.1, 0.15) is 39.3 Å². The van der Waals surface area contributed by atoms with E-state index in [4.69, 9.17) is 32.8 Å². The summed E-state index contributed by atoms with van der Waals surface area (Å²) in [5, 5.41) is -0.484. The lowest BCUT2D eigenvalue weighted by atomic mass is 9.66. The van der Waals surface area contributed by atoms with Crippen LogP contribution in [-0.4, -0.2) is 53.9 Å². The Hall–Kier alpha value is -4.68. The lowest BCUT2D eigenvalue weighted by molar-refractivity contribution is -0.217. The van der Waals surface area contributed by atoms with Crippen LogP contribution in [0.4, 0.5) is 4.39 Å². The van der Waals surface area contributed by atoms with Crippen molar-refractivity contribution in [3.63, 3.8) is 0 Å². The number of esters is 4. The minimum Gasteiger partial charge on any atom is -0.496 e. The molecule has 4 bridgehead atoms. The predicted molar refractivity (Wildman–Crippen MR) is 180 cm³/mol. The third-order valence-electron chi connectivity index (χ3n) is 14.0. The van der Waals surface area contributed by atoms with E-state index in [9.17, 15) is 24.0 Å². The highest BCUT2D eigenvalue weighted by Gasteiger charge is 2.78. The Morgan fingerprint density at radius 1 is 0.769 bits per heavy atom. The van der Waals surface area contributed by atoms with E-state index in [2.05, 4.69) is 0 Å². The molecule has 5 aliphatic rings. The first-order valence-corrected chi connectivity index (χ1v) is 17.5. The van der Waals surface area contributed by atoms with Gasteiger partial charge in [-0.1, -0.05) is 33.8 Å². The fourth-order valence-electron chi connectivity index (χ4n) is 9.52. The van der Waals surface area contributed by atoms with Gasteiger partial charge in [0.25, 0.3) is 0 Å². The van der Waals surface area contributed by atoms with Crippen LogP contribution in [0.15, 0.2) is 33.5 Å². The lowest BCUT2D eigenvalue weighted by Crippen LogP contribution is -2.57. The molecule has 276 valence electrons. The first kappa shape index (κ1) is 34.4. The number of fused-ring (bicyclic) bond motifs is 8. The molecule has 2 saturated carbocycles. The molecule has 1 aromatic heterocycles. The van der Waals surface area contributed by atoms with Crippen LogP contribution in [0, 0.1) is 27.5 Å². The van der Waals surface area contributed by atoms with Crippen LogP contribution in [0.5, 0.6) is 11.5 Å². The highest BCUT2D eigenvalue weighted by Crippen LogP contribution is 2.68. The Morgan fingerprint density at radius 2 is 1.33 bits per heavy atom. The molecule has 0 radical (unpaired) electrons. The van der Waals surface area contributed by atoms with Gasteiger partial charge < -0.3 is 32.8 Å². The van der Waals surface area contributed by atoms with Crippen LogP contribution in [0.3, 0.4) is 0 Å². The summed E-state index contributed by atoms with van der Waals surface area (Å²) in [5.74, 6) is -3.52. The molecule has 2 aromatic carbocycles. The van der Waals surface area contributed by atoms with E-state index < -0.39 is 85.8 Å². The number of hydrogen-bond donors (Lipinski definition) is 0. The molecule has 0 amide bonds. The second kappa shape index (κ2) is 10.0. The van der Waals surface area contributed by atoms with E-state index in [1.54, 1.807) is 55.4 Å². The van der Waals surface area contributed by atoms with Gasteiger partial charge in [0.15, 0.2) is 17.8 Å². The van der Waals surface area contributed by atoms with Gasteiger partial charge in [0.2, 0.25) is 16.6 Å². The summed E-state index contributed by atoms with van der Waals surface area (Å²) in [7, 11) is 1.33. The number of hydrogen-bond acceptors (Lipinski definition) is 12. The molecule has 13 heteroatoms. The van der Waals surface area contributed by atoms with Crippen LogP contribution in [0.25, 0.3) is 21.9 Å². The minimum absolute atomic E-state index is 0.00346. The second-order valence-electron chi connectivity index (χ2n) is 16.9. The fourth-order valence-corrected chi connectivity index (χ4v) is 9.52. The molecule has 4 fully saturated rings. The Morgan fingerprint density at radius 3 is 1.83 bits per heavy atom. The number of carbonyl (C=O) groups excluding carboxylic acids is 4. The molecule has 2 aliphatic carbocycles. The third-order valence-corrected chi connectivity index (χ3v) is 14.0. The van der Waals surface area contributed by atoms with Crippen molar-refractivity contribution in [2.24, 2.45) is 21.7 Å². The smallest absolute Gasteiger partial charge is 0.351 e. The lowest BCUT2D eigenvalue weighted by Gasteiger charge is -2.46. The van der Waals surface area contributed by atoms with Crippen LogP contribution >= 0.6 is 0 Å². The molecule has 4 heterocycles. The maximum absolute atomic E-state index is 15.1. The van der Waals surface area contributed by atoms with E-state index in [0.717, 1.165) is 6.07 Å². The number of halogens is 1. The molecule has 3 aliphatic heterocycles. The van der Waals surface area contributed by atoms with Gasteiger partial charge in [-0.3, -0.25) is 14.4 Å². The highest BCUT2D eigenvalue weighted by atomic mass is 19.1. The Labute approximate surface area is 298 Å². The van der Waals surface area contributed by atoms with E-state index in [-0.39, 0.29) is 51.8 Å². The Kier molecular flexibility index (Phi) is 6.65. The van der Waals surface area contributed by atoms with Crippen molar-refractivity contribution in [3.8, 4) is 11.5 Å². The van der Waals surface area contributed by atoms with Gasteiger partial charge in [-0.15, -0.1) is 0 Å². The monoisotopic (exact) mass is 720 g/mol. The first-order valence-electron chi connectivity index (χ1n) is 17.5. The van der Waals surface area contributed by atoms with Crippen molar-refractivity contribution in [1.29, 1.82) is 0 Å². The number of rotatable bonds is 5. The highest BCUT2D eigenvalue weighted by molar-refractivity contribution is 5.98. The standard InChI is InChI=1S/C39H41FO12/c1-33(2)28(49-32(45)39-16-14-37(8,30(43)52-39)35(39,5)6)27(48-31(44)38-15-13-36(7,29(42)51-38)34(38,3)4)24-21(50-33)17-20(46-9)23-25(41)22-18(40)11-10-12-19(22)47-26(23)24/h10-12,17,27-28H,13-16H2,1-9H3/t27-,28-,36+,37+,38?,39?/m1/s1. The summed E-state index contributed by atoms with van der Waals surface area (Å²) >= 11 is 0. The summed E-state index contributed by atoms with van der Waals surface area (Å²) in [6.45, 7) is 13.9. The number of benzene rings is 2. The van der Waals surface area contributed by atoms with Gasteiger partial charge in [-0.05, 0) is 65.5 Å². The molecule has 3 aromatic rings. The van der Waals surface area contributed by atoms with Gasteiger partial charge in [-0.2, -0.15) is 0 Å². The second-order valence-corrected chi connectivity index (χ2v) is 16.9. The zero-order chi connectivity index (χ0) is 37.8. The molecule has 6 atom stereocenters. The molecular weight excluding hydrogens is 679 g/mol. The molecular formula is C39H41FO12. The molecule has 0 spiro atoms. The van der Waals surface area contributed by atoms with Gasteiger partial charge in [0, 0.05) is 16.9 Å². The van der Waals surface area contributed by atoms with Crippen molar-refractivity contribution >= 4 is 45.8 Å². The van der Waals surface area contributed by atoms with Crippen LogP contribution in [-0.2, 0) is 38.1 Å². The summed E-state index contributed by atoms with van der Waals surface area (Å²) in [6.07, 6.45) is -1.84. The number of carbonyl (C=O) groups is 4. The minimum atomic E-state index is -1.69. The number of methoxy groups -OCH3 is 1. The van der Waals surface area contributed by atoms with E-state index in [1.165, 1.54) is 25.3 Å². The largest absolute Gasteiger partial charge is 0.496 e. The zero-order valence-electron chi connectivity index (χ0n) is 30.6. The normalized spacial score (nSPS) is 34.4. The molecule has 2 unspecified atom stereocenters. The van der Waals surface area contributed by atoms with Crippen LogP contribution < -0.4 is 14.9 Å². The Balaban J connectivity index is 1.34. The van der Waals surface area contributed by atoms with Crippen molar-refractivity contribution < 1.29 is 56.4 Å². The van der Waals surface area contributed by atoms with Gasteiger partial charge in [-0.25, -0.2) is 14.0 Å². The first-order chi connectivity index (χ1) is 24.1.